The van der Waals surface area contributed by atoms with Gasteiger partial charge >= 0.3 is 0 Å². The van der Waals surface area contributed by atoms with E-state index in [0.717, 1.165) is 5.56 Å². The monoisotopic (exact) mass is 275 g/mol. The lowest BCUT2D eigenvalue weighted by Gasteiger charge is -2.28. The number of thioether (sulfide) groups is 1. The van der Waals surface area contributed by atoms with E-state index in [0.29, 0.717) is 15.3 Å². The van der Waals surface area contributed by atoms with Gasteiger partial charge in [0.15, 0.2) is 0 Å². The van der Waals surface area contributed by atoms with Crippen molar-refractivity contribution in [3.05, 3.63) is 33.8 Å². The summed E-state index contributed by atoms with van der Waals surface area (Å²) in [5.41, 5.74) is 7.26. The van der Waals surface area contributed by atoms with Gasteiger partial charge in [0.05, 0.1) is 10.0 Å². The van der Waals surface area contributed by atoms with Gasteiger partial charge in [-0.3, -0.25) is 0 Å². The molecule has 2 unspecified atom stereocenters. The number of rotatable bonds is 2. The Kier molecular flexibility index (Phi) is 4.42. The zero-order valence-corrected chi connectivity index (χ0v) is 11.3. The predicted molar refractivity (Wildman–Crippen MR) is 73.5 cm³/mol. The highest BCUT2D eigenvalue weighted by Crippen LogP contribution is 2.37. The van der Waals surface area contributed by atoms with Crippen LogP contribution in [-0.4, -0.2) is 11.0 Å². The van der Waals surface area contributed by atoms with Crippen LogP contribution in [0.3, 0.4) is 0 Å². The lowest BCUT2D eigenvalue weighted by molar-refractivity contribution is 0.582. The van der Waals surface area contributed by atoms with Crippen molar-refractivity contribution < 1.29 is 0 Å². The van der Waals surface area contributed by atoms with Gasteiger partial charge < -0.3 is 5.73 Å². The zero-order chi connectivity index (χ0) is 11.5. The summed E-state index contributed by atoms with van der Waals surface area (Å²) >= 11 is 14.1. The van der Waals surface area contributed by atoms with Crippen molar-refractivity contribution >= 4 is 35.0 Å². The van der Waals surface area contributed by atoms with Crippen molar-refractivity contribution in [1.29, 1.82) is 0 Å². The number of nitrogens with two attached hydrogens (primary N) is 1. The summed E-state index contributed by atoms with van der Waals surface area (Å²) in [6.07, 6.45) is 3.75. The average Bonchev–Trinajstić information content (AvgIpc) is 2.33. The Hall–Kier alpha value is 0.110. The molecule has 1 nitrogen and oxygen atoms in total. The second-order valence-corrected chi connectivity index (χ2v) is 6.21. The maximum Gasteiger partial charge on any atom is 0.0640 e. The lowest BCUT2D eigenvalue weighted by atomic mass is 10.0. The minimum absolute atomic E-state index is 0.00324. The smallest absolute Gasteiger partial charge is 0.0640 e. The van der Waals surface area contributed by atoms with E-state index >= 15 is 0 Å². The molecule has 0 aliphatic carbocycles. The van der Waals surface area contributed by atoms with E-state index < -0.39 is 0 Å². The summed E-state index contributed by atoms with van der Waals surface area (Å²) in [6.45, 7) is 0. The van der Waals surface area contributed by atoms with Gasteiger partial charge in [-0.15, -0.1) is 0 Å². The van der Waals surface area contributed by atoms with Crippen LogP contribution in [0.2, 0.25) is 10.0 Å². The molecule has 2 N–H and O–H groups in total. The first-order chi connectivity index (χ1) is 7.70. The Balaban J connectivity index is 2.19. The van der Waals surface area contributed by atoms with E-state index in [1.807, 2.05) is 23.9 Å². The molecule has 0 radical (unpaired) electrons. The van der Waals surface area contributed by atoms with Crippen LogP contribution in [0.15, 0.2) is 18.2 Å². The van der Waals surface area contributed by atoms with Gasteiger partial charge in [-0.05, 0) is 30.2 Å². The Morgan fingerprint density at radius 1 is 1.31 bits per heavy atom. The molecule has 2 rings (SSSR count). The van der Waals surface area contributed by atoms with Crippen LogP contribution in [0.5, 0.6) is 0 Å². The van der Waals surface area contributed by atoms with Crippen LogP contribution in [0.25, 0.3) is 0 Å². The minimum Gasteiger partial charge on any atom is -0.323 e. The molecule has 0 saturated carbocycles. The number of benzene rings is 1. The van der Waals surface area contributed by atoms with E-state index in [4.69, 9.17) is 28.9 Å². The highest BCUT2D eigenvalue weighted by atomic mass is 35.5. The van der Waals surface area contributed by atoms with Crippen LogP contribution >= 0.6 is 35.0 Å². The molecular weight excluding hydrogens is 261 g/mol. The lowest BCUT2D eigenvalue weighted by Crippen LogP contribution is -2.26. The standard InChI is InChI=1S/C12H15Cl2NS/c13-9-5-3-4-8(11(9)14)12(15)10-6-1-2-7-16-10/h3-5,10,12H,1-2,6-7,15H2. The largest absolute Gasteiger partial charge is 0.323 e. The summed E-state index contributed by atoms with van der Waals surface area (Å²) in [6, 6.07) is 5.69. The molecule has 88 valence electrons. The number of hydrogen-bond acceptors (Lipinski definition) is 2. The topological polar surface area (TPSA) is 26.0 Å². The summed E-state index contributed by atoms with van der Waals surface area (Å²) in [7, 11) is 0. The van der Waals surface area contributed by atoms with Gasteiger partial charge in [0.1, 0.15) is 0 Å². The fourth-order valence-corrected chi connectivity index (χ4v) is 3.82. The molecule has 1 saturated heterocycles. The van der Waals surface area contributed by atoms with Crippen molar-refractivity contribution in [1.82, 2.24) is 0 Å². The highest BCUT2D eigenvalue weighted by Gasteiger charge is 2.24. The van der Waals surface area contributed by atoms with Crippen molar-refractivity contribution in [2.24, 2.45) is 5.73 Å². The molecule has 1 aliphatic rings. The van der Waals surface area contributed by atoms with Crippen molar-refractivity contribution in [2.45, 2.75) is 30.6 Å². The Morgan fingerprint density at radius 2 is 2.12 bits per heavy atom. The molecule has 2 atom stereocenters. The van der Waals surface area contributed by atoms with Crippen molar-refractivity contribution in [3.63, 3.8) is 0 Å². The Labute approximate surface area is 111 Å². The van der Waals surface area contributed by atoms with Gasteiger partial charge in [-0.25, -0.2) is 0 Å². The van der Waals surface area contributed by atoms with Gasteiger partial charge in [-0.1, -0.05) is 41.8 Å². The predicted octanol–water partition coefficient (Wildman–Crippen LogP) is 4.28. The molecule has 0 spiro atoms. The van der Waals surface area contributed by atoms with E-state index in [9.17, 15) is 0 Å². The van der Waals surface area contributed by atoms with Crippen LogP contribution in [0.1, 0.15) is 30.9 Å². The minimum atomic E-state index is -0.00324. The first-order valence-corrected chi connectivity index (χ1v) is 7.31. The molecule has 0 amide bonds. The maximum atomic E-state index is 6.28. The van der Waals surface area contributed by atoms with E-state index in [1.54, 1.807) is 6.07 Å². The van der Waals surface area contributed by atoms with Crippen LogP contribution < -0.4 is 5.73 Å². The van der Waals surface area contributed by atoms with Gasteiger partial charge in [0.25, 0.3) is 0 Å². The van der Waals surface area contributed by atoms with Crippen LogP contribution in [0.4, 0.5) is 0 Å². The first-order valence-electron chi connectivity index (χ1n) is 5.51. The van der Waals surface area contributed by atoms with Gasteiger partial charge in [0, 0.05) is 11.3 Å². The Morgan fingerprint density at radius 3 is 2.81 bits per heavy atom. The molecular formula is C12H15Cl2NS. The molecule has 1 aliphatic heterocycles. The SMILES string of the molecule is NC(c1cccc(Cl)c1Cl)C1CCCCS1. The van der Waals surface area contributed by atoms with Gasteiger partial charge in [0.2, 0.25) is 0 Å². The molecule has 0 aromatic heterocycles. The fraction of sp³-hybridized carbons (Fsp3) is 0.500. The summed E-state index contributed by atoms with van der Waals surface area (Å²) in [5, 5.41) is 1.68. The molecule has 4 heteroatoms. The van der Waals surface area contributed by atoms with Crippen molar-refractivity contribution in [2.75, 3.05) is 5.75 Å². The van der Waals surface area contributed by atoms with Crippen LogP contribution in [0, 0.1) is 0 Å². The third kappa shape index (κ3) is 2.67. The van der Waals surface area contributed by atoms with E-state index in [2.05, 4.69) is 0 Å². The first kappa shape index (κ1) is 12.6. The zero-order valence-electron chi connectivity index (χ0n) is 8.96. The third-order valence-corrected chi connectivity index (χ3v) is 5.27. The molecule has 1 aromatic rings. The van der Waals surface area contributed by atoms with Crippen LogP contribution in [-0.2, 0) is 0 Å². The quantitative estimate of drug-likeness (QED) is 0.872. The molecule has 1 heterocycles. The number of halogens is 2. The third-order valence-electron chi connectivity index (χ3n) is 2.96. The fourth-order valence-electron chi connectivity index (χ4n) is 2.03. The molecule has 1 fully saturated rings. The number of hydrogen-bond donors (Lipinski definition) is 1. The van der Waals surface area contributed by atoms with Crippen molar-refractivity contribution in [3.8, 4) is 0 Å². The van der Waals surface area contributed by atoms with E-state index in [1.165, 1.54) is 25.0 Å². The molecule has 16 heavy (non-hydrogen) atoms. The average molecular weight is 276 g/mol. The summed E-state index contributed by atoms with van der Waals surface area (Å²) < 4.78 is 0. The summed E-state index contributed by atoms with van der Waals surface area (Å²) in [4.78, 5) is 0. The summed E-state index contributed by atoms with van der Waals surface area (Å²) in [5.74, 6) is 1.20. The second kappa shape index (κ2) is 5.63. The molecule has 0 bridgehead atoms. The van der Waals surface area contributed by atoms with Gasteiger partial charge in [-0.2, -0.15) is 11.8 Å². The maximum absolute atomic E-state index is 6.28. The highest BCUT2D eigenvalue weighted by molar-refractivity contribution is 8.00. The molecule has 1 aromatic carbocycles. The van der Waals surface area contributed by atoms with E-state index in [-0.39, 0.29) is 6.04 Å². The normalized spacial score (nSPS) is 23.1. The Bertz CT molecular complexity index is 364. The second-order valence-electron chi connectivity index (χ2n) is 4.07.